The summed E-state index contributed by atoms with van der Waals surface area (Å²) in [6, 6.07) is 10.1. The Hall–Kier alpha value is -2.29. The molecule has 3 heteroatoms. The number of aryl methyl sites for hydroxylation is 4. The van der Waals surface area contributed by atoms with Gasteiger partial charge in [-0.2, -0.15) is 0 Å². The fourth-order valence-corrected chi connectivity index (χ4v) is 2.56. The minimum Gasteiger partial charge on any atom is -0.481 e. The normalized spacial score (nSPS) is 11.9. The van der Waals surface area contributed by atoms with Crippen molar-refractivity contribution in [3.05, 3.63) is 58.1 Å². The van der Waals surface area contributed by atoms with E-state index >= 15 is 0 Å². The van der Waals surface area contributed by atoms with Crippen molar-refractivity contribution < 1.29 is 9.53 Å². The Morgan fingerprint density at radius 2 is 1.61 bits per heavy atom. The molecule has 122 valence electrons. The lowest BCUT2D eigenvalue weighted by Gasteiger charge is -2.18. The molecule has 0 aromatic heterocycles. The van der Waals surface area contributed by atoms with Crippen LogP contribution < -0.4 is 10.1 Å². The molecule has 1 atom stereocenters. The van der Waals surface area contributed by atoms with Crippen LogP contribution in [0.4, 0.5) is 5.69 Å². The van der Waals surface area contributed by atoms with Crippen molar-refractivity contribution in [2.75, 3.05) is 5.32 Å². The number of carbonyl (C=O) groups excluding carboxylic acids is 1. The Morgan fingerprint density at radius 1 is 0.957 bits per heavy atom. The summed E-state index contributed by atoms with van der Waals surface area (Å²) in [6.07, 6.45) is -0.560. The average Bonchev–Trinajstić information content (AvgIpc) is 2.47. The third-order valence-electron chi connectivity index (χ3n) is 4.08. The van der Waals surface area contributed by atoms with Gasteiger partial charge < -0.3 is 10.1 Å². The highest BCUT2D eigenvalue weighted by Crippen LogP contribution is 2.25. The Labute approximate surface area is 138 Å². The highest BCUT2D eigenvalue weighted by atomic mass is 16.5. The van der Waals surface area contributed by atoms with Crippen molar-refractivity contribution in [3.8, 4) is 5.75 Å². The smallest absolute Gasteiger partial charge is 0.265 e. The van der Waals surface area contributed by atoms with Crippen LogP contribution in [-0.2, 0) is 4.79 Å². The molecule has 0 bridgehead atoms. The van der Waals surface area contributed by atoms with E-state index in [1.54, 1.807) is 6.92 Å². The molecule has 1 unspecified atom stereocenters. The van der Waals surface area contributed by atoms with E-state index in [0.29, 0.717) is 0 Å². The van der Waals surface area contributed by atoms with Crippen LogP contribution in [0, 0.1) is 34.6 Å². The number of hydrogen-bond acceptors (Lipinski definition) is 2. The van der Waals surface area contributed by atoms with E-state index in [9.17, 15) is 4.79 Å². The van der Waals surface area contributed by atoms with Crippen LogP contribution in [0.3, 0.4) is 0 Å². The molecule has 2 aromatic carbocycles. The number of carbonyl (C=O) groups is 1. The Balaban J connectivity index is 2.11. The van der Waals surface area contributed by atoms with Crippen LogP contribution in [0.5, 0.6) is 5.75 Å². The zero-order chi connectivity index (χ0) is 17.1. The number of hydrogen-bond donors (Lipinski definition) is 1. The number of benzene rings is 2. The third-order valence-corrected chi connectivity index (χ3v) is 4.08. The molecule has 0 aliphatic heterocycles. The second-order valence-electron chi connectivity index (χ2n) is 6.27. The Morgan fingerprint density at radius 3 is 2.26 bits per heavy atom. The molecule has 1 amide bonds. The van der Waals surface area contributed by atoms with Gasteiger partial charge in [-0.15, -0.1) is 0 Å². The topological polar surface area (TPSA) is 38.3 Å². The molecule has 0 spiro atoms. The SMILES string of the molecule is Cc1ccc(NC(=O)C(C)Oc2cc(C)cc(C)c2C)c(C)c1. The van der Waals surface area contributed by atoms with Crippen LogP contribution in [0.1, 0.15) is 34.7 Å². The Bertz CT molecular complexity index is 735. The van der Waals surface area contributed by atoms with Gasteiger partial charge in [0.15, 0.2) is 6.10 Å². The van der Waals surface area contributed by atoms with Gasteiger partial charge in [0.25, 0.3) is 5.91 Å². The molecule has 0 aliphatic rings. The maximum atomic E-state index is 12.4. The van der Waals surface area contributed by atoms with Crippen LogP contribution in [0.2, 0.25) is 0 Å². The lowest BCUT2D eigenvalue weighted by molar-refractivity contribution is -0.122. The number of amides is 1. The van der Waals surface area contributed by atoms with Crippen molar-refractivity contribution in [1.82, 2.24) is 0 Å². The standard InChI is InChI=1S/C20H25NO2/c1-12-7-8-18(15(4)9-12)21-20(22)17(6)23-19-11-13(2)10-14(3)16(19)5/h7-11,17H,1-6H3,(H,21,22). The molecule has 23 heavy (non-hydrogen) atoms. The first-order valence-electron chi connectivity index (χ1n) is 7.90. The third kappa shape index (κ3) is 4.13. The zero-order valence-corrected chi connectivity index (χ0v) is 14.8. The van der Waals surface area contributed by atoms with E-state index in [2.05, 4.69) is 24.4 Å². The highest BCUT2D eigenvalue weighted by Gasteiger charge is 2.17. The summed E-state index contributed by atoms with van der Waals surface area (Å²) in [6.45, 7) is 11.9. The second-order valence-corrected chi connectivity index (χ2v) is 6.27. The van der Waals surface area contributed by atoms with Gasteiger partial charge in [-0.25, -0.2) is 0 Å². The fraction of sp³-hybridized carbons (Fsp3) is 0.350. The van der Waals surface area contributed by atoms with Crippen molar-refractivity contribution in [1.29, 1.82) is 0 Å². The van der Waals surface area contributed by atoms with Gasteiger partial charge in [0.1, 0.15) is 5.75 Å². The lowest BCUT2D eigenvalue weighted by Crippen LogP contribution is -2.30. The Kier molecular flexibility index (Phi) is 5.09. The second kappa shape index (κ2) is 6.86. The van der Waals surface area contributed by atoms with E-state index in [4.69, 9.17) is 4.74 Å². The van der Waals surface area contributed by atoms with E-state index in [-0.39, 0.29) is 5.91 Å². The molecular formula is C20H25NO2. The monoisotopic (exact) mass is 311 g/mol. The molecule has 0 saturated carbocycles. The van der Waals surface area contributed by atoms with Crippen molar-refractivity contribution in [2.24, 2.45) is 0 Å². The summed E-state index contributed by atoms with van der Waals surface area (Å²) >= 11 is 0. The van der Waals surface area contributed by atoms with E-state index < -0.39 is 6.10 Å². The molecule has 0 radical (unpaired) electrons. The first-order chi connectivity index (χ1) is 10.8. The number of rotatable bonds is 4. The minimum atomic E-state index is -0.560. The van der Waals surface area contributed by atoms with Gasteiger partial charge in [0.2, 0.25) is 0 Å². The van der Waals surface area contributed by atoms with Gasteiger partial charge in [-0.1, -0.05) is 23.8 Å². The molecular weight excluding hydrogens is 286 g/mol. The lowest BCUT2D eigenvalue weighted by atomic mass is 10.1. The van der Waals surface area contributed by atoms with E-state index in [1.165, 1.54) is 11.1 Å². The van der Waals surface area contributed by atoms with Crippen LogP contribution >= 0.6 is 0 Å². The number of anilines is 1. The number of nitrogens with one attached hydrogen (secondary N) is 1. The van der Waals surface area contributed by atoms with Crippen LogP contribution in [0.15, 0.2) is 30.3 Å². The maximum absolute atomic E-state index is 12.4. The molecule has 0 saturated heterocycles. The van der Waals surface area contributed by atoms with Crippen molar-refractivity contribution in [2.45, 2.75) is 47.6 Å². The van der Waals surface area contributed by atoms with Crippen molar-refractivity contribution in [3.63, 3.8) is 0 Å². The van der Waals surface area contributed by atoms with Gasteiger partial charge >= 0.3 is 0 Å². The summed E-state index contributed by atoms with van der Waals surface area (Å²) in [5.41, 5.74) is 6.42. The van der Waals surface area contributed by atoms with Crippen LogP contribution in [0.25, 0.3) is 0 Å². The molecule has 1 N–H and O–H groups in total. The molecule has 3 nitrogen and oxygen atoms in total. The largest absolute Gasteiger partial charge is 0.481 e. The molecule has 0 aliphatic carbocycles. The van der Waals surface area contributed by atoms with Gasteiger partial charge in [-0.3, -0.25) is 4.79 Å². The fourth-order valence-electron chi connectivity index (χ4n) is 2.56. The van der Waals surface area contributed by atoms with Gasteiger partial charge in [-0.05, 0) is 75.9 Å². The number of ether oxygens (including phenoxy) is 1. The summed E-state index contributed by atoms with van der Waals surface area (Å²) < 4.78 is 5.89. The predicted molar refractivity (Wildman–Crippen MR) is 95.3 cm³/mol. The van der Waals surface area contributed by atoms with E-state index in [0.717, 1.165) is 28.1 Å². The maximum Gasteiger partial charge on any atom is 0.265 e. The molecule has 2 aromatic rings. The highest BCUT2D eigenvalue weighted by molar-refractivity contribution is 5.94. The molecule has 2 rings (SSSR count). The first-order valence-corrected chi connectivity index (χ1v) is 7.90. The minimum absolute atomic E-state index is 0.143. The van der Waals surface area contributed by atoms with Gasteiger partial charge in [0.05, 0.1) is 0 Å². The molecule has 0 fully saturated rings. The summed E-state index contributed by atoms with van der Waals surface area (Å²) in [5, 5.41) is 2.94. The molecule has 0 heterocycles. The first kappa shape index (κ1) is 17.1. The van der Waals surface area contributed by atoms with E-state index in [1.807, 2.05) is 45.9 Å². The summed E-state index contributed by atoms with van der Waals surface area (Å²) in [7, 11) is 0. The zero-order valence-electron chi connectivity index (χ0n) is 14.8. The van der Waals surface area contributed by atoms with Gasteiger partial charge in [0, 0.05) is 5.69 Å². The quantitative estimate of drug-likeness (QED) is 0.893. The van der Waals surface area contributed by atoms with Crippen molar-refractivity contribution >= 4 is 11.6 Å². The summed E-state index contributed by atoms with van der Waals surface area (Å²) in [5.74, 6) is 0.626. The predicted octanol–water partition coefficient (Wildman–Crippen LogP) is 4.63. The average molecular weight is 311 g/mol. The van der Waals surface area contributed by atoms with Crippen LogP contribution in [-0.4, -0.2) is 12.0 Å². The summed E-state index contributed by atoms with van der Waals surface area (Å²) in [4.78, 5) is 12.4.